The van der Waals surface area contributed by atoms with Crippen LogP contribution in [0.2, 0.25) is 0 Å². The van der Waals surface area contributed by atoms with Gasteiger partial charge in [-0.15, -0.1) is 0 Å². The van der Waals surface area contributed by atoms with Crippen molar-refractivity contribution in [3.8, 4) is 0 Å². The number of aromatic nitrogens is 2. The normalized spacial score (nSPS) is 11.1. The van der Waals surface area contributed by atoms with Crippen LogP contribution in [0.5, 0.6) is 0 Å². The quantitative estimate of drug-likeness (QED) is 0.572. The van der Waals surface area contributed by atoms with Gasteiger partial charge >= 0.3 is 0 Å². The lowest BCUT2D eigenvalue weighted by Crippen LogP contribution is -2.16. The number of carbonyl (C=O) groups is 1. The summed E-state index contributed by atoms with van der Waals surface area (Å²) in [5.41, 5.74) is 2.96. The van der Waals surface area contributed by atoms with Crippen LogP contribution in [0.1, 0.15) is 27.4 Å². The Balaban J connectivity index is 1.63. The molecule has 5 nitrogen and oxygen atoms in total. The minimum absolute atomic E-state index is 0.167. The van der Waals surface area contributed by atoms with Gasteiger partial charge in [0.15, 0.2) is 5.76 Å². The van der Waals surface area contributed by atoms with E-state index in [0.29, 0.717) is 28.9 Å². The molecular formula is C21H18FN3O2. The molecule has 0 bridgehead atoms. The number of nitrogens with one attached hydrogen (secondary N) is 1. The fraction of sp³-hybridized carbons (Fsp3) is 0.143. The molecule has 0 unspecified atom stereocenters. The summed E-state index contributed by atoms with van der Waals surface area (Å²) in [4.78, 5) is 12.8. The van der Waals surface area contributed by atoms with E-state index >= 15 is 0 Å². The lowest BCUT2D eigenvalue weighted by atomic mass is 10.1. The molecule has 136 valence electrons. The minimum Gasteiger partial charge on any atom is -0.451 e. The molecule has 4 aromatic rings. The van der Waals surface area contributed by atoms with Crippen molar-refractivity contribution in [2.24, 2.45) is 0 Å². The third-order valence-electron chi connectivity index (χ3n) is 4.42. The molecule has 6 heteroatoms. The number of rotatable bonds is 4. The molecule has 4 rings (SSSR count). The number of carbonyl (C=O) groups excluding carboxylic acids is 1. The molecule has 0 aliphatic heterocycles. The van der Waals surface area contributed by atoms with Crippen molar-refractivity contribution < 1.29 is 13.6 Å². The lowest BCUT2D eigenvalue weighted by Gasteiger charge is -2.08. The highest BCUT2D eigenvalue weighted by Crippen LogP contribution is 2.27. The molecule has 2 heterocycles. The zero-order valence-corrected chi connectivity index (χ0v) is 15.0. The van der Waals surface area contributed by atoms with Crippen LogP contribution < -0.4 is 5.32 Å². The number of hydrogen-bond acceptors (Lipinski definition) is 3. The van der Waals surface area contributed by atoms with E-state index < -0.39 is 5.91 Å². The number of fused-ring (bicyclic) bond motifs is 1. The van der Waals surface area contributed by atoms with Crippen molar-refractivity contribution in [1.82, 2.24) is 9.78 Å². The summed E-state index contributed by atoms with van der Waals surface area (Å²) < 4.78 is 20.9. The lowest BCUT2D eigenvalue weighted by molar-refractivity contribution is 0.0997. The summed E-state index contributed by atoms with van der Waals surface area (Å²) in [7, 11) is 0. The van der Waals surface area contributed by atoms with Gasteiger partial charge in [-0.25, -0.2) is 9.07 Å². The van der Waals surface area contributed by atoms with E-state index in [1.54, 1.807) is 17.7 Å². The fourth-order valence-electron chi connectivity index (χ4n) is 3.11. The molecule has 0 radical (unpaired) electrons. The molecular weight excluding hydrogens is 345 g/mol. The second-order valence-corrected chi connectivity index (χ2v) is 6.46. The molecule has 0 atom stereocenters. The summed E-state index contributed by atoms with van der Waals surface area (Å²) in [6, 6.07) is 15.9. The first kappa shape index (κ1) is 17.0. The zero-order valence-electron chi connectivity index (χ0n) is 15.0. The van der Waals surface area contributed by atoms with Crippen LogP contribution in [0.3, 0.4) is 0 Å². The zero-order chi connectivity index (χ0) is 19.0. The van der Waals surface area contributed by atoms with Crippen molar-refractivity contribution in [3.63, 3.8) is 0 Å². The number of furan rings is 1. The third-order valence-corrected chi connectivity index (χ3v) is 4.42. The van der Waals surface area contributed by atoms with E-state index in [-0.39, 0.29) is 11.6 Å². The van der Waals surface area contributed by atoms with Gasteiger partial charge in [-0.2, -0.15) is 5.10 Å². The Morgan fingerprint density at radius 3 is 2.70 bits per heavy atom. The van der Waals surface area contributed by atoms with E-state index in [9.17, 15) is 9.18 Å². The minimum atomic E-state index is -0.390. The van der Waals surface area contributed by atoms with Crippen molar-refractivity contribution in [2.75, 3.05) is 5.32 Å². The maximum absolute atomic E-state index is 13.5. The monoisotopic (exact) mass is 363 g/mol. The summed E-state index contributed by atoms with van der Waals surface area (Å²) >= 11 is 0. The maximum Gasteiger partial charge on any atom is 0.292 e. The number of nitrogens with zero attached hydrogens (tertiary/aromatic N) is 2. The number of anilines is 1. The molecule has 0 saturated heterocycles. The molecule has 0 aliphatic carbocycles. The molecule has 0 saturated carbocycles. The molecule has 0 aliphatic rings. The van der Waals surface area contributed by atoms with Crippen LogP contribution in [-0.2, 0) is 6.54 Å². The second-order valence-electron chi connectivity index (χ2n) is 6.46. The first-order valence-electron chi connectivity index (χ1n) is 8.59. The maximum atomic E-state index is 13.5. The summed E-state index contributed by atoms with van der Waals surface area (Å²) in [6.45, 7) is 4.15. The Bertz CT molecular complexity index is 1130. The highest BCUT2D eigenvalue weighted by Gasteiger charge is 2.20. The van der Waals surface area contributed by atoms with Gasteiger partial charge in [0.05, 0.1) is 12.2 Å². The first-order chi connectivity index (χ1) is 13.0. The van der Waals surface area contributed by atoms with Gasteiger partial charge in [0.2, 0.25) is 0 Å². The average molecular weight is 363 g/mol. The SMILES string of the molecule is Cc1cc(NC(=O)c2oc3ccc(F)cc3c2C)n(Cc2ccccc2)n1. The third kappa shape index (κ3) is 3.33. The number of hydrogen-bond donors (Lipinski definition) is 1. The molecule has 1 N–H and O–H groups in total. The first-order valence-corrected chi connectivity index (χ1v) is 8.59. The highest BCUT2D eigenvalue weighted by molar-refractivity contribution is 6.06. The molecule has 1 amide bonds. The largest absolute Gasteiger partial charge is 0.451 e. The van der Waals surface area contributed by atoms with Crippen LogP contribution in [0.25, 0.3) is 11.0 Å². The Morgan fingerprint density at radius 1 is 1.15 bits per heavy atom. The van der Waals surface area contributed by atoms with Crippen LogP contribution in [-0.4, -0.2) is 15.7 Å². The molecule has 0 fully saturated rings. The van der Waals surface area contributed by atoms with E-state index in [0.717, 1.165) is 11.3 Å². The van der Waals surface area contributed by atoms with Gasteiger partial charge in [-0.3, -0.25) is 4.79 Å². The molecule has 2 aromatic carbocycles. The van der Waals surface area contributed by atoms with Gasteiger partial charge in [-0.1, -0.05) is 30.3 Å². The smallest absolute Gasteiger partial charge is 0.292 e. The van der Waals surface area contributed by atoms with Gasteiger partial charge in [-0.05, 0) is 37.6 Å². The van der Waals surface area contributed by atoms with Crippen molar-refractivity contribution >= 4 is 22.7 Å². The Morgan fingerprint density at radius 2 is 1.93 bits per heavy atom. The molecule has 27 heavy (non-hydrogen) atoms. The molecule has 2 aromatic heterocycles. The predicted molar refractivity (Wildman–Crippen MR) is 101 cm³/mol. The predicted octanol–water partition coefficient (Wildman–Crippen LogP) is 4.69. The van der Waals surface area contributed by atoms with Crippen LogP contribution in [0.4, 0.5) is 10.2 Å². The second kappa shape index (κ2) is 6.72. The standard InChI is InChI=1S/C21H18FN3O2/c1-13-10-19(25(24-13)12-15-6-4-3-5-7-15)23-21(26)20-14(2)17-11-16(22)8-9-18(17)27-20/h3-11H,12H2,1-2H3,(H,23,26). The Labute approximate surface area is 155 Å². The molecule has 0 spiro atoms. The highest BCUT2D eigenvalue weighted by atomic mass is 19.1. The van der Waals surface area contributed by atoms with E-state index in [4.69, 9.17) is 4.42 Å². The van der Waals surface area contributed by atoms with Crippen molar-refractivity contribution in [1.29, 1.82) is 0 Å². The Hall–Kier alpha value is -3.41. The summed E-state index contributed by atoms with van der Waals surface area (Å²) in [5.74, 6) is -0.0126. The van der Waals surface area contributed by atoms with Crippen molar-refractivity contribution in [2.45, 2.75) is 20.4 Å². The van der Waals surface area contributed by atoms with Gasteiger partial charge in [0, 0.05) is 17.0 Å². The van der Waals surface area contributed by atoms with Gasteiger partial charge in [0.25, 0.3) is 5.91 Å². The van der Waals surface area contributed by atoms with E-state index in [1.165, 1.54) is 18.2 Å². The number of amides is 1. The van der Waals surface area contributed by atoms with Crippen molar-refractivity contribution in [3.05, 3.63) is 83.0 Å². The van der Waals surface area contributed by atoms with Gasteiger partial charge < -0.3 is 9.73 Å². The van der Waals surface area contributed by atoms with Crippen LogP contribution in [0.15, 0.2) is 59.0 Å². The fourth-order valence-corrected chi connectivity index (χ4v) is 3.11. The topological polar surface area (TPSA) is 60.1 Å². The average Bonchev–Trinajstić information content (AvgIpc) is 3.15. The van der Waals surface area contributed by atoms with E-state index in [1.807, 2.05) is 37.3 Å². The Kier molecular flexibility index (Phi) is 4.24. The number of aryl methyl sites for hydroxylation is 2. The van der Waals surface area contributed by atoms with E-state index in [2.05, 4.69) is 10.4 Å². The van der Waals surface area contributed by atoms with Gasteiger partial charge in [0.1, 0.15) is 17.2 Å². The van der Waals surface area contributed by atoms with Crippen LogP contribution >= 0.6 is 0 Å². The summed E-state index contributed by atoms with van der Waals surface area (Å²) in [6.07, 6.45) is 0. The number of benzene rings is 2. The van der Waals surface area contributed by atoms with Crippen LogP contribution in [0, 0.1) is 19.7 Å². The summed E-state index contributed by atoms with van der Waals surface area (Å²) in [5, 5.41) is 7.90. The number of halogens is 1.